The number of hydrogen-bond donors (Lipinski definition) is 2. The summed E-state index contributed by atoms with van der Waals surface area (Å²) >= 11 is 0. The van der Waals surface area contributed by atoms with Crippen LogP contribution >= 0.6 is 0 Å². The molecule has 11 nitrogen and oxygen atoms in total. The van der Waals surface area contributed by atoms with Crippen molar-refractivity contribution < 1.29 is 0 Å². The summed E-state index contributed by atoms with van der Waals surface area (Å²) in [4.78, 5) is 30.2. The van der Waals surface area contributed by atoms with E-state index in [1.165, 1.54) is 6.33 Å². The van der Waals surface area contributed by atoms with Gasteiger partial charge in [0, 0.05) is 29.8 Å². The van der Waals surface area contributed by atoms with Crippen molar-refractivity contribution in [3.8, 4) is 28.2 Å². The molecule has 1 atom stereocenters. The molecule has 168 valence electrons. The van der Waals surface area contributed by atoms with Crippen molar-refractivity contribution in [1.29, 1.82) is 0 Å². The molecule has 0 saturated carbocycles. The number of imidazole rings is 1. The molecule has 5 aromatic rings. The molecule has 0 radical (unpaired) electrons. The topological polar surface area (TPSA) is 146 Å². The molecule has 0 amide bonds. The smallest absolute Gasteiger partial charge is 0.254 e. The molecule has 0 aliphatic carbocycles. The van der Waals surface area contributed by atoms with Crippen LogP contribution in [0.3, 0.4) is 0 Å². The Balaban J connectivity index is 1.39. The number of aromatic nitrogens is 9. The van der Waals surface area contributed by atoms with Crippen LogP contribution in [0.4, 0.5) is 5.82 Å². The number of nitrogens with zero attached hydrogens (tertiary/aromatic N) is 8. The lowest BCUT2D eigenvalue weighted by Gasteiger charge is -2.14. The van der Waals surface area contributed by atoms with Gasteiger partial charge in [0.25, 0.3) is 5.56 Å². The molecule has 1 aliphatic rings. The first-order chi connectivity index (χ1) is 16.6. The van der Waals surface area contributed by atoms with Gasteiger partial charge in [-0.3, -0.25) is 9.36 Å². The van der Waals surface area contributed by atoms with E-state index in [-0.39, 0.29) is 11.6 Å². The summed E-state index contributed by atoms with van der Waals surface area (Å²) in [5.41, 5.74) is 10.5. The third kappa shape index (κ3) is 3.34. The van der Waals surface area contributed by atoms with Crippen molar-refractivity contribution in [2.75, 3.05) is 5.73 Å². The highest BCUT2D eigenvalue weighted by molar-refractivity contribution is 5.70. The lowest BCUT2D eigenvalue weighted by Crippen LogP contribution is -2.25. The summed E-state index contributed by atoms with van der Waals surface area (Å²) < 4.78 is 3.29. The number of pyridine rings is 1. The molecule has 0 fully saturated rings. The predicted octanol–water partition coefficient (Wildman–Crippen LogP) is 2.10. The Morgan fingerprint density at radius 3 is 2.82 bits per heavy atom. The molecule has 34 heavy (non-hydrogen) atoms. The second-order valence-corrected chi connectivity index (χ2v) is 8.25. The number of anilines is 1. The van der Waals surface area contributed by atoms with Gasteiger partial charge in [-0.2, -0.15) is 4.68 Å². The van der Waals surface area contributed by atoms with Crippen LogP contribution < -0.4 is 11.3 Å². The van der Waals surface area contributed by atoms with Crippen LogP contribution in [-0.4, -0.2) is 44.7 Å². The fraction of sp³-hybridized carbons (Fsp3) is 0.174. The van der Waals surface area contributed by atoms with Gasteiger partial charge in [0.2, 0.25) is 0 Å². The maximum absolute atomic E-state index is 13.3. The van der Waals surface area contributed by atoms with Gasteiger partial charge < -0.3 is 10.7 Å². The third-order valence-corrected chi connectivity index (χ3v) is 6.01. The van der Waals surface area contributed by atoms with Crippen LogP contribution in [0, 0.1) is 6.92 Å². The third-order valence-electron chi connectivity index (χ3n) is 6.01. The largest absolute Gasteiger partial charge is 0.384 e. The van der Waals surface area contributed by atoms with Gasteiger partial charge in [0.1, 0.15) is 23.8 Å². The van der Waals surface area contributed by atoms with Crippen molar-refractivity contribution in [2.24, 2.45) is 0 Å². The van der Waals surface area contributed by atoms with Crippen molar-refractivity contribution in [3.05, 3.63) is 82.7 Å². The standard InChI is InChI=1S/C23H20N10O/c1-13-2-4-18(32-12-27-30-31-32)15(8-13)16-9-22(34)33-19(5-7-21(33)28-16)23-26-11-17(29-23)14-3-6-20(24)25-10-14/h2-4,6,8-12,19H,5,7H2,1H3,(H2,24,25)(H,26,29)/t19-/m0/s1. The molecular weight excluding hydrogens is 432 g/mol. The molecule has 5 heterocycles. The Morgan fingerprint density at radius 2 is 2.03 bits per heavy atom. The number of nitrogen functional groups attached to an aromatic ring is 1. The van der Waals surface area contributed by atoms with Crippen LogP contribution in [0.15, 0.2) is 59.9 Å². The molecular formula is C23H20N10O. The Labute approximate surface area is 193 Å². The molecule has 0 unspecified atom stereocenters. The molecule has 3 N–H and O–H groups in total. The van der Waals surface area contributed by atoms with Crippen LogP contribution in [0.1, 0.15) is 29.7 Å². The minimum absolute atomic E-state index is 0.126. The fourth-order valence-corrected chi connectivity index (χ4v) is 4.38. The van der Waals surface area contributed by atoms with E-state index in [1.807, 2.05) is 31.2 Å². The number of rotatable bonds is 4. The van der Waals surface area contributed by atoms with Gasteiger partial charge in [-0.15, -0.1) is 5.10 Å². The summed E-state index contributed by atoms with van der Waals surface area (Å²) in [6, 6.07) is 10.9. The summed E-state index contributed by atoms with van der Waals surface area (Å²) in [6.07, 6.45) is 6.36. The van der Waals surface area contributed by atoms with Gasteiger partial charge in [0.15, 0.2) is 0 Å². The highest BCUT2D eigenvalue weighted by Gasteiger charge is 2.29. The van der Waals surface area contributed by atoms with E-state index < -0.39 is 0 Å². The van der Waals surface area contributed by atoms with E-state index in [4.69, 9.17) is 10.7 Å². The van der Waals surface area contributed by atoms with Gasteiger partial charge in [-0.1, -0.05) is 11.6 Å². The minimum Gasteiger partial charge on any atom is -0.384 e. The van der Waals surface area contributed by atoms with Gasteiger partial charge in [-0.25, -0.2) is 15.0 Å². The second-order valence-electron chi connectivity index (χ2n) is 8.25. The number of nitrogens with two attached hydrogens (primary N) is 1. The molecule has 0 spiro atoms. The van der Waals surface area contributed by atoms with E-state index >= 15 is 0 Å². The van der Waals surface area contributed by atoms with Crippen molar-refractivity contribution in [3.63, 3.8) is 0 Å². The van der Waals surface area contributed by atoms with E-state index in [0.717, 1.165) is 40.3 Å². The van der Waals surface area contributed by atoms with Gasteiger partial charge >= 0.3 is 0 Å². The zero-order chi connectivity index (χ0) is 23.2. The van der Waals surface area contributed by atoms with Crippen molar-refractivity contribution >= 4 is 5.82 Å². The first kappa shape index (κ1) is 20.0. The van der Waals surface area contributed by atoms with Crippen LogP contribution in [-0.2, 0) is 6.42 Å². The molecule has 0 saturated heterocycles. The summed E-state index contributed by atoms with van der Waals surface area (Å²) in [5.74, 6) is 1.90. The first-order valence-electron chi connectivity index (χ1n) is 10.8. The number of hydrogen-bond acceptors (Lipinski definition) is 8. The number of H-pyrrole nitrogens is 1. The number of aromatic amines is 1. The van der Waals surface area contributed by atoms with Crippen LogP contribution in [0.2, 0.25) is 0 Å². The molecule has 6 rings (SSSR count). The first-order valence-corrected chi connectivity index (χ1v) is 10.8. The molecule has 1 aliphatic heterocycles. The van der Waals surface area contributed by atoms with Gasteiger partial charge in [-0.05, 0) is 48.0 Å². The maximum Gasteiger partial charge on any atom is 0.254 e. The normalized spacial score (nSPS) is 14.9. The monoisotopic (exact) mass is 452 g/mol. The van der Waals surface area contributed by atoms with Crippen molar-refractivity contribution in [1.82, 2.24) is 44.7 Å². The maximum atomic E-state index is 13.3. The van der Waals surface area contributed by atoms with Gasteiger partial charge in [0.05, 0.1) is 29.3 Å². The zero-order valence-corrected chi connectivity index (χ0v) is 18.3. The highest BCUT2D eigenvalue weighted by atomic mass is 16.1. The van der Waals surface area contributed by atoms with Crippen LogP contribution in [0.5, 0.6) is 0 Å². The molecule has 1 aromatic carbocycles. The fourth-order valence-electron chi connectivity index (χ4n) is 4.38. The minimum atomic E-state index is -0.212. The van der Waals surface area contributed by atoms with Crippen LogP contribution in [0.25, 0.3) is 28.2 Å². The van der Waals surface area contributed by atoms with Crippen molar-refractivity contribution in [2.45, 2.75) is 25.8 Å². The second kappa shape index (κ2) is 7.73. The lowest BCUT2D eigenvalue weighted by atomic mass is 10.1. The van der Waals surface area contributed by atoms with E-state index in [2.05, 4.69) is 30.5 Å². The highest BCUT2D eigenvalue weighted by Crippen LogP contribution is 2.31. The summed E-state index contributed by atoms with van der Waals surface area (Å²) in [7, 11) is 0. The number of fused-ring (bicyclic) bond motifs is 1. The molecule has 4 aromatic heterocycles. The average molecular weight is 452 g/mol. The number of nitrogens with one attached hydrogen (secondary N) is 1. The Kier molecular flexibility index (Phi) is 4.54. The van der Waals surface area contributed by atoms with E-state index in [0.29, 0.717) is 23.8 Å². The number of tetrazole rings is 1. The average Bonchev–Trinajstić information content (AvgIpc) is 3.60. The molecule has 0 bridgehead atoms. The van der Waals surface area contributed by atoms with E-state index in [9.17, 15) is 4.79 Å². The molecule has 11 heteroatoms. The SMILES string of the molecule is Cc1ccc(-n2cnnn2)c(-c2cc(=O)n3c(n2)CC[C@H]3c2ncc(-c3ccc(N)nc3)[nH]2)c1. The summed E-state index contributed by atoms with van der Waals surface area (Å²) in [6.45, 7) is 1.99. The summed E-state index contributed by atoms with van der Waals surface area (Å²) in [5, 5.41) is 11.5. The Hall–Kier alpha value is -4.67. The van der Waals surface area contributed by atoms with E-state index in [1.54, 1.807) is 33.8 Å². The zero-order valence-electron chi connectivity index (χ0n) is 18.3. The number of aryl methyl sites for hydroxylation is 2. The Morgan fingerprint density at radius 1 is 1.12 bits per heavy atom. The predicted molar refractivity (Wildman–Crippen MR) is 124 cm³/mol. The Bertz CT molecular complexity index is 1550. The quantitative estimate of drug-likeness (QED) is 0.421. The number of benzene rings is 1. The lowest BCUT2D eigenvalue weighted by molar-refractivity contribution is 0.568.